The Hall–Kier alpha value is -5.11. The smallest absolute Gasteiger partial charge is 0.423 e. The molecule has 1 saturated carbocycles. The number of hydrogen-bond acceptors (Lipinski definition) is 8. The molecule has 5 aromatic rings. The van der Waals surface area contributed by atoms with Crippen LogP contribution in [0.3, 0.4) is 0 Å². The number of amides is 2. The maximum Gasteiger partial charge on any atom is 0.482 e. The second-order valence-electron chi connectivity index (χ2n) is 11.2. The van der Waals surface area contributed by atoms with Crippen molar-refractivity contribution in [3.8, 4) is 16.9 Å². The van der Waals surface area contributed by atoms with Crippen molar-refractivity contribution in [3.63, 3.8) is 0 Å². The number of fused-ring (bicyclic) bond motifs is 2. The summed E-state index contributed by atoms with van der Waals surface area (Å²) in [4.78, 5) is 43.8. The number of ether oxygens (including phenoxy) is 1. The zero-order chi connectivity index (χ0) is 32.3. The first-order valence-corrected chi connectivity index (χ1v) is 14.7. The topological polar surface area (TPSA) is 142 Å². The van der Waals surface area contributed by atoms with Gasteiger partial charge in [-0.25, -0.2) is 24.0 Å². The molecule has 7 rings (SSSR count). The average molecular weight is 649 g/mol. The highest BCUT2D eigenvalue weighted by Crippen LogP contribution is 2.45. The van der Waals surface area contributed by atoms with Crippen LogP contribution in [0.15, 0.2) is 55.1 Å². The van der Waals surface area contributed by atoms with Crippen molar-refractivity contribution in [1.29, 1.82) is 0 Å². The summed E-state index contributed by atoms with van der Waals surface area (Å²) in [6.07, 6.45) is 3.14. The van der Waals surface area contributed by atoms with E-state index >= 15 is 0 Å². The third kappa shape index (κ3) is 5.27. The summed E-state index contributed by atoms with van der Waals surface area (Å²) in [6, 6.07) is 6.88. The van der Waals surface area contributed by atoms with Gasteiger partial charge in [-0.15, -0.1) is 0 Å². The van der Waals surface area contributed by atoms with Gasteiger partial charge in [-0.05, 0) is 61.9 Å². The van der Waals surface area contributed by atoms with Gasteiger partial charge in [-0.1, -0.05) is 17.7 Å². The number of nitrogens with zero attached hydrogens (tertiary/aromatic N) is 7. The van der Waals surface area contributed by atoms with E-state index in [9.17, 15) is 22.8 Å². The predicted molar refractivity (Wildman–Crippen MR) is 160 cm³/mol. The number of carbonyl (C=O) groups excluding carboxylic acids is 2. The van der Waals surface area contributed by atoms with Crippen molar-refractivity contribution in [1.82, 2.24) is 29.7 Å². The Morgan fingerprint density at radius 2 is 1.89 bits per heavy atom. The van der Waals surface area contributed by atoms with E-state index in [4.69, 9.17) is 27.1 Å². The Morgan fingerprint density at radius 3 is 2.57 bits per heavy atom. The van der Waals surface area contributed by atoms with Crippen LogP contribution in [0, 0.1) is 11.7 Å². The van der Waals surface area contributed by atoms with Gasteiger partial charge in [0, 0.05) is 17.1 Å². The molecule has 46 heavy (non-hydrogen) atoms. The number of anilines is 1. The van der Waals surface area contributed by atoms with Gasteiger partial charge >= 0.3 is 12.0 Å². The van der Waals surface area contributed by atoms with E-state index in [-0.39, 0.29) is 29.4 Å². The van der Waals surface area contributed by atoms with Crippen LogP contribution < -0.4 is 15.4 Å². The highest BCUT2D eigenvalue weighted by molar-refractivity contribution is 6.30. The first-order chi connectivity index (χ1) is 22.0. The number of hydrogen-bond donors (Lipinski definition) is 1. The van der Waals surface area contributed by atoms with E-state index in [2.05, 4.69) is 20.1 Å². The molecule has 1 unspecified atom stereocenters. The number of halogens is 4. The zero-order valence-electron chi connectivity index (χ0n) is 24.1. The monoisotopic (exact) mass is 648 g/mol. The molecule has 0 saturated heterocycles. The second kappa shape index (κ2) is 11.1. The molecule has 1 atom stereocenters. The van der Waals surface area contributed by atoms with Gasteiger partial charge in [-0.2, -0.15) is 13.9 Å². The number of aromatic nitrogens is 6. The van der Waals surface area contributed by atoms with E-state index in [1.807, 2.05) is 0 Å². The van der Waals surface area contributed by atoms with Gasteiger partial charge < -0.3 is 10.5 Å². The van der Waals surface area contributed by atoms with Gasteiger partial charge in [0.1, 0.15) is 6.04 Å². The van der Waals surface area contributed by atoms with Gasteiger partial charge in [0.2, 0.25) is 0 Å². The fraction of sp³-hybridized carbons (Fsp3) is 0.258. The summed E-state index contributed by atoms with van der Waals surface area (Å²) in [5, 5.41) is 5.27. The van der Waals surface area contributed by atoms with Crippen molar-refractivity contribution in [2.24, 2.45) is 11.7 Å². The normalized spacial score (nSPS) is 16.3. The number of primary amides is 1. The molecule has 4 aromatic heterocycles. The minimum atomic E-state index is -4.18. The Morgan fingerprint density at radius 1 is 1.13 bits per heavy atom. The molecule has 1 fully saturated rings. The minimum absolute atomic E-state index is 0.0818. The number of carbonyl (C=O) groups is 2. The molecule has 5 heterocycles. The standard InChI is InChI=1S/C31H24ClF3N8O3/c1-15(28-38-11-19(33)12-39-28)43-29-21(13-40-43)25(26(27(36)44)22(41-29)8-16-2-3-16)17-4-7-23-24(9-17)46-31(34,35)30(45)42(23)14-20-6-5-18(32)10-37-20/h4-7,9-13,15-16H,2-3,8,14H2,1H3,(H2,36,44). The number of rotatable bonds is 8. The van der Waals surface area contributed by atoms with Gasteiger partial charge in [0.25, 0.3) is 5.91 Å². The predicted octanol–water partition coefficient (Wildman–Crippen LogP) is 5.25. The quantitative estimate of drug-likeness (QED) is 0.240. The molecule has 234 valence electrons. The average Bonchev–Trinajstić information content (AvgIpc) is 3.74. The molecule has 0 spiro atoms. The van der Waals surface area contributed by atoms with Crippen LogP contribution in [0.5, 0.6) is 5.75 Å². The van der Waals surface area contributed by atoms with Crippen LogP contribution in [0.4, 0.5) is 18.9 Å². The summed E-state index contributed by atoms with van der Waals surface area (Å²) in [5.41, 5.74) is 7.92. The minimum Gasteiger partial charge on any atom is -0.423 e. The molecule has 1 aliphatic carbocycles. The molecule has 1 aliphatic heterocycles. The van der Waals surface area contributed by atoms with Crippen LogP contribution in [-0.4, -0.2) is 47.6 Å². The lowest BCUT2D eigenvalue weighted by Crippen LogP contribution is -2.50. The summed E-state index contributed by atoms with van der Waals surface area (Å²) < 4.78 is 50.0. The maximum atomic E-state index is 15.0. The maximum absolute atomic E-state index is 15.0. The van der Waals surface area contributed by atoms with Gasteiger partial charge in [-0.3, -0.25) is 19.5 Å². The number of nitrogens with two attached hydrogens (primary N) is 1. The fourth-order valence-corrected chi connectivity index (χ4v) is 5.70. The molecule has 0 bridgehead atoms. The van der Waals surface area contributed by atoms with Crippen LogP contribution in [0.25, 0.3) is 22.2 Å². The zero-order valence-corrected chi connectivity index (χ0v) is 24.9. The molecule has 15 heteroatoms. The summed E-state index contributed by atoms with van der Waals surface area (Å²) >= 11 is 5.91. The summed E-state index contributed by atoms with van der Waals surface area (Å²) in [7, 11) is 0. The van der Waals surface area contributed by atoms with Gasteiger partial charge in [0.15, 0.2) is 23.0 Å². The van der Waals surface area contributed by atoms with Gasteiger partial charge in [0.05, 0.1) is 52.8 Å². The molecular formula is C31H24ClF3N8O3. The van der Waals surface area contributed by atoms with Crippen molar-refractivity contribution in [2.75, 3.05) is 4.90 Å². The first kappa shape index (κ1) is 29.6. The van der Waals surface area contributed by atoms with E-state index in [0.717, 1.165) is 30.1 Å². The SMILES string of the molecule is CC(c1ncc(F)cn1)n1ncc2c(-c3ccc4c(c3)OC(F)(F)C(=O)N4Cc3ccc(Cl)cn3)c(C(N)=O)c(CC3CC3)nc21. The highest BCUT2D eigenvalue weighted by atomic mass is 35.5. The van der Waals surface area contributed by atoms with Crippen molar-refractivity contribution < 1.29 is 27.5 Å². The lowest BCUT2D eigenvalue weighted by atomic mass is 9.93. The molecule has 2 aliphatic rings. The second-order valence-corrected chi connectivity index (χ2v) is 11.7. The Bertz CT molecular complexity index is 2020. The van der Waals surface area contributed by atoms with Crippen LogP contribution >= 0.6 is 11.6 Å². The van der Waals surface area contributed by atoms with Crippen LogP contribution in [0.2, 0.25) is 5.02 Å². The lowest BCUT2D eigenvalue weighted by molar-refractivity contribution is -0.193. The largest absolute Gasteiger partial charge is 0.482 e. The summed E-state index contributed by atoms with van der Waals surface area (Å²) in [6.45, 7) is 1.49. The first-order valence-electron chi connectivity index (χ1n) is 14.3. The summed E-state index contributed by atoms with van der Waals surface area (Å²) in [5.74, 6) is -2.61. The van der Waals surface area contributed by atoms with Crippen molar-refractivity contribution >= 4 is 40.1 Å². The molecular weight excluding hydrogens is 625 g/mol. The third-order valence-electron chi connectivity index (χ3n) is 8.00. The molecule has 11 nitrogen and oxygen atoms in total. The van der Waals surface area contributed by atoms with E-state index in [1.54, 1.807) is 23.7 Å². The van der Waals surface area contributed by atoms with E-state index in [0.29, 0.717) is 50.9 Å². The lowest BCUT2D eigenvalue weighted by Gasteiger charge is -2.33. The Kier molecular flexibility index (Phi) is 7.11. The molecule has 2 N–H and O–H groups in total. The van der Waals surface area contributed by atoms with E-state index in [1.165, 1.54) is 30.6 Å². The van der Waals surface area contributed by atoms with Crippen LogP contribution in [-0.2, 0) is 17.8 Å². The van der Waals surface area contributed by atoms with Crippen molar-refractivity contribution in [3.05, 3.63) is 88.7 Å². The molecule has 0 radical (unpaired) electrons. The van der Waals surface area contributed by atoms with Crippen LogP contribution in [0.1, 0.15) is 53.4 Å². The highest BCUT2D eigenvalue weighted by Gasteiger charge is 2.50. The third-order valence-corrected chi connectivity index (χ3v) is 8.23. The number of pyridine rings is 2. The van der Waals surface area contributed by atoms with Crippen molar-refractivity contribution in [2.45, 2.75) is 44.9 Å². The number of alkyl halides is 2. The Balaban J connectivity index is 1.39. The molecule has 2 amide bonds. The Labute approximate surface area is 264 Å². The molecule has 1 aromatic carbocycles. The fourth-order valence-electron chi connectivity index (χ4n) is 5.59. The van der Waals surface area contributed by atoms with E-state index < -0.39 is 29.8 Å². The number of benzene rings is 1.